The highest BCUT2D eigenvalue weighted by atomic mass is 35.5. The van der Waals surface area contributed by atoms with E-state index in [0.717, 1.165) is 13.1 Å². The first-order valence-corrected chi connectivity index (χ1v) is 7.39. The number of aryl methyl sites for hydroxylation is 2. The second-order valence-electron chi connectivity index (χ2n) is 5.51. The number of hydrogen-bond acceptors (Lipinski definition) is 2. The molecule has 0 saturated heterocycles. The topological polar surface area (TPSA) is 29.3 Å². The van der Waals surface area contributed by atoms with E-state index in [4.69, 9.17) is 17.3 Å². The molecular weight excluding hydrogens is 268 g/mol. The van der Waals surface area contributed by atoms with Gasteiger partial charge in [0.15, 0.2) is 0 Å². The third-order valence-corrected chi connectivity index (χ3v) is 4.23. The van der Waals surface area contributed by atoms with Crippen molar-refractivity contribution in [2.75, 3.05) is 17.2 Å². The molecule has 1 aliphatic rings. The maximum absolute atomic E-state index is 5.98. The quantitative estimate of drug-likeness (QED) is 0.839. The van der Waals surface area contributed by atoms with Gasteiger partial charge >= 0.3 is 0 Å². The van der Waals surface area contributed by atoms with Crippen LogP contribution in [0.2, 0.25) is 5.02 Å². The van der Waals surface area contributed by atoms with E-state index in [9.17, 15) is 0 Å². The highest BCUT2D eigenvalue weighted by Crippen LogP contribution is 2.30. The molecule has 0 aromatic heterocycles. The van der Waals surface area contributed by atoms with Crippen molar-refractivity contribution in [3.63, 3.8) is 0 Å². The number of fused-ring (bicyclic) bond motifs is 1. The highest BCUT2D eigenvalue weighted by molar-refractivity contribution is 6.33. The van der Waals surface area contributed by atoms with Crippen molar-refractivity contribution in [1.82, 2.24) is 0 Å². The molecule has 104 valence electrons. The van der Waals surface area contributed by atoms with Crippen molar-refractivity contribution in [1.29, 1.82) is 0 Å². The SMILES string of the molecule is Cc1ccc2c(c1)CCCN2Cc1ccc(Cl)c(N)c1. The van der Waals surface area contributed by atoms with Gasteiger partial charge in [-0.2, -0.15) is 0 Å². The van der Waals surface area contributed by atoms with Crippen LogP contribution in [0.3, 0.4) is 0 Å². The molecule has 3 rings (SSSR count). The number of halogens is 1. The molecule has 2 nitrogen and oxygen atoms in total. The minimum Gasteiger partial charge on any atom is -0.398 e. The van der Waals surface area contributed by atoms with Crippen molar-refractivity contribution in [3.8, 4) is 0 Å². The molecule has 0 radical (unpaired) electrons. The van der Waals surface area contributed by atoms with E-state index < -0.39 is 0 Å². The smallest absolute Gasteiger partial charge is 0.0635 e. The molecule has 1 heterocycles. The second kappa shape index (κ2) is 5.37. The fraction of sp³-hybridized carbons (Fsp3) is 0.294. The van der Waals surface area contributed by atoms with E-state index in [1.807, 2.05) is 12.1 Å². The van der Waals surface area contributed by atoms with Gasteiger partial charge in [-0.15, -0.1) is 0 Å². The van der Waals surface area contributed by atoms with Crippen LogP contribution >= 0.6 is 11.6 Å². The summed E-state index contributed by atoms with van der Waals surface area (Å²) in [4.78, 5) is 2.43. The van der Waals surface area contributed by atoms with Crippen LogP contribution in [0.25, 0.3) is 0 Å². The third kappa shape index (κ3) is 2.61. The minimum absolute atomic E-state index is 0.628. The Balaban J connectivity index is 1.87. The number of hydrogen-bond donors (Lipinski definition) is 1. The summed E-state index contributed by atoms with van der Waals surface area (Å²) < 4.78 is 0. The summed E-state index contributed by atoms with van der Waals surface area (Å²) in [5.74, 6) is 0. The average molecular weight is 287 g/mol. The summed E-state index contributed by atoms with van der Waals surface area (Å²) in [5, 5.41) is 0.628. The monoisotopic (exact) mass is 286 g/mol. The molecule has 0 spiro atoms. The van der Waals surface area contributed by atoms with E-state index in [1.54, 1.807) is 0 Å². The summed E-state index contributed by atoms with van der Waals surface area (Å²) in [6.45, 7) is 4.13. The molecule has 2 aromatic rings. The molecule has 0 fully saturated rings. The molecule has 0 amide bonds. The molecule has 3 heteroatoms. The Labute approximate surface area is 125 Å². The Morgan fingerprint density at radius 1 is 1.20 bits per heavy atom. The number of nitrogens with two attached hydrogens (primary N) is 1. The molecular formula is C17H19ClN2. The maximum Gasteiger partial charge on any atom is 0.0635 e. The highest BCUT2D eigenvalue weighted by Gasteiger charge is 2.17. The van der Waals surface area contributed by atoms with Crippen molar-refractivity contribution in [3.05, 3.63) is 58.1 Å². The minimum atomic E-state index is 0.628. The van der Waals surface area contributed by atoms with Gasteiger partial charge in [0.2, 0.25) is 0 Å². The zero-order valence-corrected chi connectivity index (χ0v) is 12.5. The summed E-state index contributed by atoms with van der Waals surface area (Å²) in [5.41, 5.74) is 11.9. The number of rotatable bonds is 2. The third-order valence-electron chi connectivity index (χ3n) is 3.88. The van der Waals surface area contributed by atoms with Gasteiger partial charge in [-0.3, -0.25) is 0 Å². The molecule has 0 atom stereocenters. The Morgan fingerprint density at radius 3 is 2.85 bits per heavy atom. The predicted octanol–water partition coefficient (Wildman–Crippen LogP) is 4.18. The van der Waals surface area contributed by atoms with Crippen molar-refractivity contribution in [2.45, 2.75) is 26.3 Å². The van der Waals surface area contributed by atoms with E-state index in [0.29, 0.717) is 10.7 Å². The summed E-state index contributed by atoms with van der Waals surface area (Å²) in [6.07, 6.45) is 2.38. The van der Waals surface area contributed by atoms with Gasteiger partial charge in [0, 0.05) is 18.8 Å². The lowest BCUT2D eigenvalue weighted by Crippen LogP contribution is -2.28. The van der Waals surface area contributed by atoms with Gasteiger partial charge in [-0.05, 0) is 49.1 Å². The van der Waals surface area contributed by atoms with E-state index in [-0.39, 0.29) is 0 Å². The van der Waals surface area contributed by atoms with Crippen molar-refractivity contribution in [2.24, 2.45) is 0 Å². The van der Waals surface area contributed by atoms with Crippen LogP contribution in [0.4, 0.5) is 11.4 Å². The number of anilines is 2. The van der Waals surface area contributed by atoms with E-state index in [1.165, 1.54) is 35.2 Å². The Hall–Kier alpha value is -1.67. The van der Waals surface area contributed by atoms with Gasteiger partial charge in [0.25, 0.3) is 0 Å². The van der Waals surface area contributed by atoms with Crippen LogP contribution in [-0.4, -0.2) is 6.54 Å². The molecule has 2 N–H and O–H groups in total. The lowest BCUT2D eigenvalue weighted by atomic mass is 9.99. The van der Waals surface area contributed by atoms with Crippen LogP contribution in [0.5, 0.6) is 0 Å². The second-order valence-corrected chi connectivity index (χ2v) is 5.92. The summed E-state index contributed by atoms with van der Waals surface area (Å²) in [6, 6.07) is 12.6. The fourth-order valence-corrected chi connectivity index (χ4v) is 3.00. The van der Waals surface area contributed by atoms with Gasteiger partial charge in [-0.25, -0.2) is 0 Å². The Morgan fingerprint density at radius 2 is 2.05 bits per heavy atom. The largest absolute Gasteiger partial charge is 0.398 e. The Bertz CT molecular complexity index is 637. The molecule has 20 heavy (non-hydrogen) atoms. The standard InChI is InChI=1S/C17H19ClN2/c1-12-4-7-17-14(9-12)3-2-8-20(17)11-13-5-6-15(18)16(19)10-13/h4-7,9-10H,2-3,8,11,19H2,1H3. The first-order chi connectivity index (χ1) is 9.63. The van der Waals surface area contributed by atoms with Crippen LogP contribution in [0, 0.1) is 6.92 Å². The van der Waals surface area contributed by atoms with E-state index in [2.05, 4.69) is 36.1 Å². The predicted molar refractivity (Wildman–Crippen MR) is 86.4 cm³/mol. The van der Waals surface area contributed by atoms with Crippen LogP contribution in [0.15, 0.2) is 36.4 Å². The Kier molecular flexibility index (Phi) is 3.58. The molecule has 0 bridgehead atoms. The molecule has 2 aromatic carbocycles. The van der Waals surface area contributed by atoms with Crippen LogP contribution in [0.1, 0.15) is 23.1 Å². The van der Waals surface area contributed by atoms with Gasteiger partial charge in [-0.1, -0.05) is 35.4 Å². The maximum atomic E-state index is 5.98. The van der Waals surface area contributed by atoms with Crippen LogP contribution in [-0.2, 0) is 13.0 Å². The normalized spacial score (nSPS) is 14.2. The van der Waals surface area contributed by atoms with Crippen LogP contribution < -0.4 is 10.6 Å². The molecule has 1 aliphatic heterocycles. The van der Waals surface area contributed by atoms with Gasteiger partial charge < -0.3 is 10.6 Å². The van der Waals surface area contributed by atoms with Crippen molar-refractivity contribution >= 4 is 23.0 Å². The average Bonchev–Trinajstić information content (AvgIpc) is 2.43. The lowest BCUT2D eigenvalue weighted by molar-refractivity contribution is 0.691. The summed E-state index contributed by atoms with van der Waals surface area (Å²) in [7, 11) is 0. The number of benzene rings is 2. The van der Waals surface area contributed by atoms with E-state index >= 15 is 0 Å². The molecule has 0 saturated carbocycles. The molecule has 0 unspecified atom stereocenters. The zero-order chi connectivity index (χ0) is 14.1. The zero-order valence-electron chi connectivity index (χ0n) is 11.7. The fourth-order valence-electron chi connectivity index (χ4n) is 2.88. The first kappa shape index (κ1) is 13.3. The number of nitrogens with zero attached hydrogens (tertiary/aromatic N) is 1. The molecule has 0 aliphatic carbocycles. The first-order valence-electron chi connectivity index (χ1n) is 7.02. The summed E-state index contributed by atoms with van der Waals surface area (Å²) >= 11 is 5.98. The lowest BCUT2D eigenvalue weighted by Gasteiger charge is -2.31. The van der Waals surface area contributed by atoms with Gasteiger partial charge in [0.1, 0.15) is 0 Å². The van der Waals surface area contributed by atoms with Crippen molar-refractivity contribution < 1.29 is 0 Å². The van der Waals surface area contributed by atoms with Gasteiger partial charge in [0.05, 0.1) is 10.7 Å². The number of nitrogen functional groups attached to an aromatic ring is 1.